The van der Waals surface area contributed by atoms with E-state index in [1.165, 1.54) is 18.2 Å². The largest absolute Gasteiger partial charge is 0.487 e. The van der Waals surface area contributed by atoms with Gasteiger partial charge in [-0.25, -0.2) is 4.79 Å². The third kappa shape index (κ3) is 4.56. The molecule has 1 aliphatic heterocycles. The molecule has 1 aliphatic rings. The summed E-state index contributed by atoms with van der Waals surface area (Å²) in [5, 5.41) is 11.5. The lowest BCUT2D eigenvalue weighted by molar-refractivity contribution is -0.139. The van der Waals surface area contributed by atoms with Gasteiger partial charge in [0.1, 0.15) is 17.4 Å². The molecule has 8 heteroatoms. The SMILES string of the molecule is CC1(C)CC(=O)c2cc(C(=O)NC(CCC(N)=O)C(=O)O)ccc2O1. The Morgan fingerprint density at radius 3 is 2.64 bits per heavy atom. The molecule has 8 nitrogen and oxygen atoms in total. The predicted molar refractivity (Wildman–Crippen MR) is 87.4 cm³/mol. The van der Waals surface area contributed by atoms with Crippen LogP contribution in [0.4, 0.5) is 0 Å². The average Bonchev–Trinajstić information content (AvgIpc) is 2.49. The average molecular weight is 348 g/mol. The minimum atomic E-state index is -1.27. The van der Waals surface area contributed by atoms with Crippen molar-refractivity contribution in [2.45, 2.75) is 44.8 Å². The Bertz CT molecular complexity index is 741. The molecule has 2 rings (SSSR count). The minimum absolute atomic E-state index is 0.114. The molecule has 0 fully saturated rings. The van der Waals surface area contributed by atoms with Crippen LogP contribution < -0.4 is 15.8 Å². The number of amides is 2. The number of carbonyl (C=O) groups excluding carboxylic acids is 3. The molecule has 1 aromatic rings. The summed E-state index contributed by atoms with van der Waals surface area (Å²) in [5.74, 6) is -2.34. The third-order valence-corrected chi connectivity index (χ3v) is 3.80. The van der Waals surface area contributed by atoms with Gasteiger partial charge in [0.25, 0.3) is 5.91 Å². The van der Waals surface area contributed by atoms with Crippen LogP contribution in [0.2, 0.25) is 0 Å². The highest BCUT2D eigenvalue weighted by Gasteiger charge is 2.33. The Morgan fingerprint density at radius 1 is 1.36 bits per heavy atom. The zero-order chi connectivity index (χ0) is 18.8. The normalized spacial score (nSPS) is 16.3. The van der Waals surface area contributed by atoms with Crippen LogP contribution in [0.15, 0.2) is 18.2 Å². The second kappa shape index (κ2) is 6.92. The monoisotopic (exact) mass is 348 g/mol. The van der Waals surface area contributed by atoms with E-state index < -0.39 is 29.4 Å². The molecular formula is C17H20N2O6. The number of Topliss-reactive ketones (excluding diaryl/α,β-unsaturated/α-hetero) is 1. The molecular weight excluding hydrogens is 328 g/mol. The Balaban J connectivity index is 2.17. The second-order valence-corrected chi connectivity index (χ2v) is 6.54. The summed E-state index contributed by atoms with van der Waals surface area (Å²) in [6.07, 6.45) is -0.0954. The predicted octanol–water partition coefficient (Wildman–Crippen LogP) is 0.879. The number of benzene rings is 1. The quantitative estimate of drug-likeness (QED) is 0.698. The van der Waals surface area contributed by atoms with Crippen molar-refractivity contribution in [1.82, 2.24) is 5.32 Å². The van der Waals surface area contributed by atoms with E-state index in [1.54, 1.807) is 13.8 Å². The number of hydrogen-bond donors (Lipinski definition) is 3. The number of carbonyl (C=O) groups is 4. The van der Waals surface area contributed by atoms with E-state index in [4.69, 9.17) is 15.6 Å². The summed E-state index contributed by atoms with van der Waals surface area (Å²) >= 11 is 0. The first-order chi connectivity index (χ1) is 11.6. The highest BCUT2D eigenvalue weighted by atomic mass is 16.5. The molecule has 0 saturated heterocycles. The van der Waals surface area contributed by atoms with E-state index in [1.807, 2.05) is 0 Å². The molecule has 0 spiro atoms. The number of aliphatic carboxylic acids is 1. The molecule has 134 valence electrons. The number of ketones is 1. The van der Waals surface area contributed by atoms with Gasteiger partial charge in [0, 0.05) is 12.0 Å². The van der Waals surface area contributed by atoms with Gasteiger partial charge < -0.3 is 20.9 Å². The molecule has 0 saturated carbocycles. The molecule has 0 radical (unpaired) electrons. The molecule has 0 aliphatic carbocycles. The van der Waals surface area contributed by atoms with Crippen molar-refractivity contribution < 1.29 is 29.0 Å². The zero-order valence-corrected chi connectivity index (χ0v) is 14.0. The maximum absolute atomic E-state index is 12.3. The molecule has 2 amide bonds. The summed E-state index contributed by atoms with van der Waals surface area (Å²) in [6, 6.07) is 3.11. The van der Waals surface area contributed by atoms with Crippen LogP contribution in [0, 0.1) is 0 Å². The number of carboxylic acids is 1. The molecule has 1 atom stereocenters. The van der Waals surface area contributed by atoms with E-state index >= 15 is 0 Å². The van der Waals surface area contributed by atoms with Gasteiger partial charge in [0.05, 0.1) is 12.0 Å². The molecule has 25 heavy (non-hydrogen) atoms. The molecule has 1 heterocycles. The molecule has 1 aromatic carbocycles. The third-order valence-electron chi connectivity index (χ3n) is 3.80. The van der Waals surface area contributed by atoms with Gasteiger partial charge in [-0.05, 0) is 38.5 Å². The Kier molecular flexibility index (Phi) is 5.10. The van der Waals surface area contributed by atoms with Crippen LogP contribution in [0.1, 0.15) is 53.8 Å². The molecule has 0 bridgehead atoms. The van der Waals surface area contributed by atoms with E-state index in [9.17, 15) is 19.2 Å². The number of primary amides is 1. The van der Waals surface area contributed by atoms with E-state index in [2.05, 4.69) is 5.32 Å². The minimum Gasteiger partial charge on any atom is -0.487 e. The van der Waals surface area contributed by atoms with Crippen molar-refractivity contribution in [2.24, 2.45) is 5.73 Å². The number of hydrogen-bond acceptors (Lipinski definition) is 5. The maximum Gasteiger partial charge on any atom is 0.326 e. The van der Waals surface area contributed by atoms with Gasteiger partial charge in [0.2, 0.25) is 5.91 Å². The van der Waals surface area contributed by atoms with Gasteiger partial charge in [-0.3, -0.25) is 14.4 Å². The fourth-order valence-electron chi connectivity index (χ4n) is 2.58. The van der Waals surface area contributed by atoms with Crippen molar-refractivity contribution in [1.29, 1.82) is 0 Å². The molecule has 1 unspecified atom stereocenters. The first-order valence-electron chi connectivity index (χ1n) is 7.77. The summed E-state index contributed by atoms with van der Waals surface area (Å²) in [5.41, 5.74) is 4.81. The lowest BCUT2D eigenvalue weighted by Crippen LogP contribution is -2.41. The summed E-state index contributed by atoms with van der Waals surface area (Å²) in [7, 11) is 0. The van der Waals surface area contributed by atoms with E-state index in [-0.39, 0.29) is 36.2 Å². The topological polar surface area (TPSA) is 136 Å². The van der Waals surface area contributed by atoms with Gasteiger partial charge in [0.15, 0.2) is 5.78 Å². The van der Waals surface area contributed by atoms with Gasteiger partial charge in [-0.2, -0.15) is 0 Å². The van der Waals surface area contributed by atoms with Crippen LogP contribution in [-0.2, 0) is 9.59 Å². The number of nitrogens with two attached hydrogens (primary N) is 1. The molecule has 0 aromatic heterocycles. The fraction of sp³-hybridized carbons (Fsp3) is 0.412. The summed E-state index contributed by atoms with van der Waals surface area (Å²) < 4.78 is 5.71. The van der Waals surface area contributed by atoms with E-state index in [0.717, 1.165) is 0 Å². The van der Waals surface area contributed by atoms with Crippen molar-refractivity contribution >= 4 is 23.6 Å². The van der Waals surface area contributed by atoms with Crippen molar-refractivity contribution in [3.63, 3.8) is 0 Å². The number of fused-ring (bicyclic) bond motifs is 1. The Hall–Kier alpha value is -2.90. The standard InChI is InChI=1S/C17H20N2O6/c1-17(2)8-12(20)10-7-9(3-5-13(10)25-17)15(22)19-11(16(23)24)4-6-14(18)21/h3,5,7,11H,4,6,8H2,1-2H3,(H2,18,21)(H,19,22)(H,23,24). The van der Waals surface area contributed by atoms with Crippen LogP contribution >= 0.6 is 0 Å². The highest BCUT2D eigenvalue weighted by molar-refractivity contribution is 6.04. The van der Waals surface area contributed by atoms with Gasteiger partial charge in [-0.15, -0.1) is 0 Å². The van der Waals surface area contributed by atoms with Gasteiger partial charge >= 0.3 is 5.97 Å². The number of rotatable bonds is 6. The van der Waals surface area contributed by atoms with E-state index in [0.29, 0.717) is 5.75 Å². The smallest absolute Gasteiger partial charge is 0.326 e. The van der Waals surface area contributed by atoms with Gasteiger partial charge in [-0.1, -0.05) is 0 Å². The number of carboxylic acid groups (broad SMARTS) is 1. The number of ether oxygens (including phenoxy) is 1. The molecule has 4 N–H and O–H groups in total. The van der Waals surface area contributed by atoms with Crippen molar-refractivity contribution in [3.8, 4) is 5.75 Å². The second-order valence-electron chi connectivity index (χ2n) is 6.54. The lowest BCUT2D eigenvalue weighted by Gasteiger charge is -2.31. The maximum atomic E-state index is 12.3. The highest BCUT2D eigenvalue weighted by Crippen LogP contribution is 2.33. The fourth-order valence-corrected chi connectivity index (χ4v) is 2.58. The number of nitrogens with one attached hydrogen (secondary N) is 1. The van der Waals surface area contributed by atoms with Crippen molar-refractivity contribution in [3.05, 3.63) is 29.3 Å². The Labute approximate surface area is 144 Å². The van der Waals surface area contributed by atoms with Crippen LogP contribution in [0.5, 0.6) is 5.75 Å². The summed E-state index contributed by atoms with van der Waals surface area (Å²) in [6.45, 7) is 3.59. The first kappa shape index (κ1) is 18.4. The Morgan fingerprint density at radius 2 is 2.04 bits per heavy atom. The zero-order valence-electron chi connectivity index (χ0n) is 14.0. The summed E-state index contributed by atoms with van der Waals surface area (Å²) in [4.78, 5) is 46.5. The van der Waals surface area contributed by atoms with Crippen LogP contribution in [0.25, 0.3) is 0 Å². The van der Waals surface area contributed by atoms with Crippen LogP contribution in [-0.4, -0.2) is 40.3 Å². The first-order valence-corrected chi connectivity index (χ1v) is 7.77. The van der Waals surface area contributed by atoms with Crippen LogP contribution in [0.3, 0.4) is 0 Å². The lowest BCUT2D eigenvalue weighted by atomic mass is 9.92. The van der Waals surface area contributed by atoms with Crippen molar-refractivity contribution in [2.75, 3.05) is 0 Å².